The number of alkyl halides is 3. The van der Waals surface area contributed by atoms with Crippen molar-refractivity contribution in [3.8, 4) is 0 Å². The van der Waals surface area contributed by atoms with Crippen molar-refractivity contribution in [2.24, 2.45) is 0 Å². The molecule has 0 aliphatic rings. The standard InChI is InChI=1S/C18H31F3O4/c1-4-5-6-7-8-9-11-14(2)24-16(22)12-10-13-17(23)25-15(3)18(19,20)21/h14-15H,4-13H2,1-3H3. The molecule has 4 nitrogen and oxygen atoms in total. The van der Waals surface area contributed by atoms with E-state index in [1.54, 1.807) is 0 Å². The summed E-state index contributed by atoms with van der Waals surface area (Å²) in [6.45, 7) is 4.76. The van der Waals surface area contributed by atoms with Gasteiger partial charge in [-0.05, 0) is 33.1 Å². The molecule has 25 heavy (non-hydrogen) atoms. The lowest BCUT2D eigenvalue weighted by molar-refractivity contribution is -0.216. The second-order valence-electron chi connectivity index (χ2n) is 6.38. The number of carbonyl (C=O) groups excluding carboxylic acids is 2. The zero-order valence-electron chi connectivity index (χ0n) is 15.5. The molecule has 0 amide bonds. The first kappa shape index (κ1) is 23.7. The minimum Gasteiger partial charge on any atom is -0.463 e. The second kappa shape index (κ2) is 13.0. The molecule has 0 aromatic carbocycles. The molecule has 0 fully saturated rings. The predicted octanol–water partition coefficient (Wildman–Crippen LogP) is 5.33. The van der Waals surface area contributed by atoms with Crippen LogP contribution in [0.15, 0.2) is 0 Å². The van der Waals surface area contributed by atoms with Gasteiger partial charge in [0.15, 0.2) is 6.10 Å². The maximum absolute atomic E-state index is 12.2. The van der Waals surface area contributed by atoms with Gasteiger partial charge in [-0.2, -0.15) is 13.2 Å². The van der Waals surface area contributed by atoms with Gasteiger partial charge in [0.1, 0.15) is 0 Å². The molecule has 0 aliphatic heterocycles. The van der Waals surface area contributed by atoms with Gasteiger partial charge in [-0.3, -0.25) is 9.59 Å². The third-order valence-corrected chi connectivity index (χ3v) is 3.83. The molecular weight excluding hydrogens is 337 g/mol. The van der Waals surface area contributed by atoms with Gasteiger partial charge in [0.2, 0.25) is 0 Å². The van der Waals surface area contributed by atoms with E-state index in [9.17, 15) is 22.8 Å². The molecule has 2 atom stereocenters. The minimum atomic E-state index is -4.57. The number of ether oxygens (including phenoxy) is 2. The van der Waals surface area contributed by atoms with Crippen LogP contribution in [0.3, 0.4) is 0 Å². The Morgan fingerprint density at radius 3 is 1.92 bits per heavy atom. The van der Waals surface area contributed by atoms with Gasteiger partial charge in [0, 0.05) is 12.8 Å². The van der Waals surface area contributed by atoms with E-state index in [1.165, 1.54) is 25.7 Å². The maximum atomic E-state index is 12.2. The fourth-order valence-corrected chi connectivity index (χ4v) is 2.25. The van der Waals surface area contributed by atoms with E-state index in [4.69, 9.17) is 4.74 Å². The second-order valence-corrected chi connectivity index (χ2v) is 6.38. The monoisotopic (exact) mass is 368 g/mol. The summed E-state index contributed by atoms with van der Waals surface area (Å²) in [7, 11) is 0. The van der Waals surface area contributed by atoms with E-state index in [0.717, 1.165) is 26.2 Å². The molecule has 0 rings (SSSR count). The van der Waals surface area contributed by atoms with E-state index in [1.807, 2.05) is 6.92 Å². The third-order valence-electron chi connectivity index (χ3n) is 3.83. The smallest absolute Gasteiger partial charge is 0.425 e. The first-order valence-electron chi connectivity index (χ1n) is 9.12. The lowest BCUT2D eigenvalue weighted by atomic mass is 10.1. The first-order chi connectivity index (χ1) is 11.7. The number of halogens is 3. The number of hydrogen-bond acceptors (Lipinski definition) is 4. The van der Waals surface area contributed by atoms with E-state index >= 15 is 0 Å². The minimum absolute atomic E-state index is 0.00363. The van der Waals surface area contributed by atoms with Crippen molar-refractivity contribution in [3.63, 3.8) is 0 Å². The Hall–Kier alpha value is -1.27. The maximum Gasteiger partial charge on any atom is 0.425 e. The Bertz CT molecular complexity index is 383. The summed E-state index contributed by atoms with van der Waals surface area (Å²) >= 11 is 0. The molecule has 0 spiro atoms. The molecule has 2 unspecified atom stereocenters. The Morgan fingerprint density at radius 2 is 1.36 bits per heavy atom. The molecule has 0 aliphatic carbocycles. The van der Waals surface area contributed by atoms with Crippen LogP contribution in [0, 0.1) is 0 Å². The summed E-state index contributed by atoms with van der Waals surface area (Å²) in [6.07, 6.45) is 0.768. The van der Waals surface area contributed by atoms with E-state index in [0.29, 0.717) is 0 Å². The molecule has 148 valence electrons. The van der Waals surface area contributed by atoms with Gasteiger partial charge in [-0.1, -0.05) is 39.0 Å². The van der Waals surface area contributed by atoms with Crippen LogP contribution >= 0.6 is 0 Å². The quantitative estimate of drug-likeness (QED) is 0.325. The normalized spacial score (nSPS) is 14.0. The highest BCUT2D eigenvalue weighted by Gasteiger charge is 2.38. The largest absolute Gasteiger partial charge is 0.463 e. The van der Waals surface area contributed by atoms with Crippen LogP contribution in [0.5, 0.6) is 0 Å². The van der Waals surface area contributed by atoms with Crippen molar-refractivity contribution in [1.29, 1.82) is 0 Å². The van der Waals surface area contributed by atoms with Crippen molar-refractivity contribution in [2.45, 2.75) is 103 Å². The van der Waals surface area contributed by atoms with E-state index < -0.39 is 24.2 Å². The summed E-state index contributed by atoms with van der Waals surface area (Å²) in [4.78, 5) is 22.9. The van der Waals surface area contributed by atoms with Gasteiger partial charge in [0.25, 0.3) is 0 Å². The van der Waals surface area contributed by atoms with Gasteiger partial charge < -0.3 is 9.47 Å². The highest BCUT2D eigenvalue weighted by molar-refractivity contribution is 5.72. The van der Waals surface area contributed by atoms with Crippen LogP contribution in [0.2, 0.25) is 0 Å². The average Bonchev–Trinajstić information content (AvgIpc) is 2.49. The zero-order valence-corrected chi connectivity index (χ0v) is 15.5. The van der Waals surface area contributed by atoms with E-state index in [2.05, 4.69) is 11.7 Å². The number of hydrogen-bond donors (Lipinski definition) is 0. The predicted molar refractivity (Wildman–Crippen MR) is 89.0 cm³/mol. The van der Waals surface area contributed by atoms with Crippen molar-refractivity contribution >= 4 is 11.9 Å². The third kappa shape index (κ3) is 13.7. The Morgan fingerprint density at radius 1 is 0.840 bits per heavy atom. The number of esters is 2. The van der Waals surface area contributed by atoms with Crippen molar-refractivity contribution in [1.82, 2.24) is 0 Å². The molecule has 0 aromatic rings. The number of carbonyl (C=O) groups is 2. The Balaban J connectivity index is 3.73. The summed E-state index contributed by atoms with van der Waals surface area (Å²) in [6, 6.07) is 0. The Kier molecular flexibility index (Phi) is 12.3. The lowest BCUT2D eigenvalue weighted by Gasteiger charge is -2.16. The molecule has 0 saturated heterocycles. The van der Waals surface area contributed by atoms with Gasteiger partial charge in [0.05, 0.1) is 6.10 Å². The zero-order chi connectivity index (χ0) is 19.3. The van der Waals surface area contributed by atoms with Gasteiger partial charge in [-0.25, -0.2) is 0 Å². The molecular formula is C18H31F3O4. The van der Waals surface area contributed by atoms with Crippen LogP contribution in [0.1, 0.15) is 85.0 Å². The summed E-state index contributed by atoms with van der Waals surface area (Å²) in [5.41, 5.74) is 0. The van der Waals surface area contributed by atoms with Gasteiger partial charge >= 0.3 is 18.1 Å². The van der Waals surface area contributed by atoms with Crippen molar-refractivity contribution in [3.05, 3.63) is 0 Å². The van der Waals surface area contributed by atoms with Crippen LogP contribution < -0.4 is 0 Å². The summed E-state index contributed by atoms with van der Waals surface area (Å²) in [5.74, 6) is -1.40. The number of unbranched alkanes of at least 4 members (excludes halogenated alkanes) is 5. The molecule has 0 N–H and O–H groups in total. The molecule has 0 heterocycles. The van der Waals surface area contributed by atoms with Crippen LogP contribution in [0.25, 0.3) is 0 Å². The molecule has 0 radical (unpaired) electrons. The SMILES string of the molecule is CCCCCCCCC(C)OC(=O)CCCC(=O)OC(C)C(F)(F)F. The number of rotatable bonds is 13. The topological polar surface area (TPSA) is 52.6 Å². The summed E-state index contributed by atoms with van der Waals surface area (Å²) in [5, 5.41) is 0. The van der Waals surface area contributed by atoms with Crippen molar-refractivity contribution in [2.75, 3.05) is 0 Å². The van der Waals surface area contributed by atoms with Gasteiger partial charge in [-0.15, -0.1) is 0 Å². The fourth-order valence-electron chi connectivity index (χ4n) is 2.25. The van der Waals surface area contributed by atoms with Crippen molar-refractivity contribution < 1.29 is 32.2 Å². The van der Waals surface area contributed by atoms with Crippen LogP contribution in [-0.4, -0.2) is 30.3 Å². The molecule has 0 bridgehead atoms. The van der Waals surface area contributed by atoms with Crippen LogP contribution in [0.4, 0.5) is 13.2 Å². The summed E-state index contributed by atoms with van der Waals surface area (Å²) < 4.78 is 46.2. The highest BCUT2D eigenvalue weighted by Crippen LogP contribution is 2.22. The fraction of sp³-hybridized carbons (Fsp3) is 0.889. The Labute approximate surface area is 148 Å². The molecule has 7 heteroatoms. The highest BCUT2D eigenvalue weighted by atomic mass is 19.4. The first-order valence-corrected chi connectivity index (χ1v) is 9.12. The molecule has 0 aromatic heterocycles. The molecule has 0 saturated carbocycles. The van der Waals surface area contributed by atoms with Crippen LogP contribution in [-0.2, 0) is 19.1 Å². The average molecular weight is 368 g/mol. The van der Waals surface area contributed by atoms with E-state index in [-0.39, 0.29) is 25.4 Å². The lowest BCUT2D eigenvalue weighted by Crippen LogP contribution is -2.30.